The van der Waals surface area contributed by atoms with Crippen LogP contribution in [0, 0.1) is 22.6 Å². The van der Waals surface area contributed by atoms with E-state index < -0.39 is 5.41 Å². The smallest absolute Gasteiger partial charge is 0.126 e. The molecule has 0 amide bonds. The molecule has 3 atom stereocenters. The predicted octanol–water partition coefficient (Wildman–Crippen LogP) is 3.59. The van der Waals surface area contributed by atoms with Crippen LogP contribution in [0.1, 0.15) is 24.8 Å². The van der Waals surface area contributed by atoms with Crippen molar-refractivity contribution in [3.63, 3.8) is 0 Å². The average molecular weight is 310 g/mol. The van der Waals surface area contributed by atoms with Crippen LogP contribution in [0.25, 0.3) is 0 Å². The van der Waals surface area contributed by atoms with Crippen LogP contribution in [0.15, 0.2) is 22.7 Å². The lowest BCUT2D eigenvalue weighted by Crippen LogP contribution is -2.33. The highest BCUT2D eigenvalue weighted by atomic mass is 79.9. The van der Waals surface area contributed by atoms with E-state index >= 15 is 0 Å². The van der Waals surface area contributed by atoms with E-state index in [-0.39, 0.29) is 18.0 Å². The second-order valence-corrected chi connectivity index (χ2v) is 6.12. The lowest BCUT2D eigenvalue weighted by molar-refractivity contribution is 0.0785. The van der Waals surface area contributed by atoms with Crippen molar-refractivity contribution < 1.29 is 9.13 Å². The van der Waals surface area contributed by atoms with Gasteiger partial charge in [0.1, 0.15) is 5.82 Å². The number of hydrogen-bond donors (Lipinski definition) is 0. The van der Waals surface area contributed by atoms with Crippen molar-refractivity contribution in [3.05, 3.63) is 34.1 Å². The maximum absolute atomic E-state index is 13.8. The van der Waals surface area contributed by atoms with Gasteiger partial charge in [-0.1, -0.05) is 15.9 Å². The van der Waals surface area contributed by atoms with Crippen LogP contribution in [0.4, 0.5) is 4.39 Å². The standard InChI is InChI=1S/C14H13BrFNO/c15-10-1-3-12(16)9(5-10)6-14(8-17)7-11-2-4-13(14)18-11/h1,3,5,11,13H,2,4,6-7H2. The summed E-state index contributed by atoms with van der Waals surface area (Å²) in [6.07, 6.45) is 3.31. The maximum atomic E-state index is 13.8. The second-order valence-electron chi connectivity index (χ2n) is 5.21. The van der Waals surface area contributed by atoms with Crippen molar-refractivity contribution >= 4 is 15.9 Å². The molecular formula is C14H13BrFNO. The van der Waals surface area contributed by atoms with E-state index in [9.17, 15) is 9.65 Å². The number of hydrogen-bond acceptors (Lipinski definition) is 2. The molecule has 0 N–H and O–H groups in total. The summed E-state index contributed by atoms with van der Waals surface area (Å²) in [5.74, 6) is -0.240. The first-order valence-corrected chi connectivity index (χ1v) is 6.93. The third-order valence-electron chi connectivity index (χ3n) is 4.05. The first-order chi connectivity index (χ1) is 8.63. The molecule has 0 aromatic heterocycles. The number of ether oxygens (including phenoxy) is 1. The molecule has 2 bridgehead atoms. The van der Waals surface area contributed by atoms with Gasteiger partial charge in [-0.05, 0) is 49.4 Å². The van der Waals surface area contributed by atoms with Crippen LogP contribution in [-0.4, -0.2) is 12.2 Å². The average Bonchev–Trinajstić information content (AvgIpc) is 2.94. The summed E-state index contributed by atoms with van der Waals surface area (Å²) in [4.78, 5) is 0. The van der Waals surface area contributed by atoms with Gasteiger partial charge in [0.2, 0.25) is 0 Å². The first-order valence-electron chi connectivity index (χ1n) is 6.14. The zero-order valence-electron chi connectivity index (χ0n) is 9.83. The number of nitrogens with zero attached hydrogens (tertiary/aromatic N) is 1. The highest BCUT2D eigenvalue weighted by Gasteiger charge is 2.53. The summed E-state index contributed by atoms with van der Waals surface area (Å²) in [5.41, 5.74) is 0.0620. The van der Waals surface area contributed by atoms with Gasteiger partial charge in [0.25, 0.3) is 0 Å². The molecule has 2 fully saturated rings. The molecule has 0 saturated carbocycles. The van der Waals surface area contributed by atoms with Crippen LogP contribution in [0.2, 0.25) is 0 Å². The van der Waals surface area contributed by atoms with E-state index in [2.05, 4.69) is 22.0 Å². The van der Waals surface area contributed by atoms with Crippen molar-refractivity contribution in [2.75, 3.05) is 0 Å². The summed E-state index contributed by atoms with van der Waals surface area (Å²) in [6, 6.07) is 7.28. The molecule has 2 aliphatic rings. The molecule has 1 aromatic rings. The van der Waals surface area contributed by atoms with Crippen LogP contribution in [0.5, 0.6) is 0 Å². The molecule has 0 spiro atoms. The van der Waals surface area contributed by atoms with E-state index in [1.165, 1.54) is 6.07 Å². The molecule has 3 rings (SSSR count). The van der Waals surface area contributed by atoms with Crippen LogP contribution in [0.3, 0.4) is 0 Å². The molecule has 2 nitrogen and oxygen atoms in total. The number of nitriles is 1. The van der Waals surface area contributed by atoms with Crippen LogP contribution in [-0.2, 0) is 11.2 Å². The molecule has 2 aliphatic heterocycles. The number of rotatable bonds is 2. The number of fused-ring (bicyclic) bond motifs is 2. The third-order valence-corrected chi connectivity index (χ3v) is 4.55. The fourth-order valence-electron chi connectivity index (χ4n) is 3.16. The Kier molecular flexibility index (Phi) is 2.91. The van der Waals surface area contributed by atoms with Gasteiger partial charge in [0, 0.05) is 4.47 Å². The fourth-order valence-corrected chi connectivity index (χ4v) is 3.57. The number of halogens is 2. The van der Waals surface area contributed by atoms with Gasteiger partial charge in [-0.25, -0.2) is 4.39 Å². The van der Waals surface area contributed by atoms with Crippen molar-refractivity contribution in [2.24, 2.45) is 5.41 Å². The first kappa shape index (κ1) is 12.1. The quantitative estimate of drug-likeness (QED) is 0.836. The Balaban J connectivity index is 1.91. The van der Waals surface area contributed by atoms with Crippen molar-refractivity contribution in [2.45, 2.75) is 37.9 Å². The van der Waals surface area contributed by atoms with Gasteiger partial charge in [-0.15, -0.1) is 0 Å². The lowest BCUT2D eigenvalue weighted by Gasteiger charge is -2.28. The highest BCUT2D eigenvalue weighted by molar-refractivity contribution is 9.10. The van der Waals surface area contributed by atoms with E-state index in [4.69, 9.17) is 4.74 Å². The second kappa shape index (κ2) is 4.32. The van der Waals surface area contributed by atoms with E-state index in [0.29, 0.717) is 12.0 Å². The molecule has 0 aliphatic carbocycles. The number of benzene rings is 1. The minimum absolute atomic E-state index is 0.0223. The Morgan fingerprint density at radius 2 is 2.33 bits per heavy atom. The molecule has 2 saturated heterocycles. The van der Waals surface area contributed by atoms with Crippen molar-refractivity contribution in [1.82, 2.24) is 0 Å². The topological polar surface area (TPSA) is 33.0 Å². The largest absolute Gasteiger partial charge is 0.373 e. The lowest BCUT2D eigenvalue weighted by atomic mass is 9.71. The third kappa shape index (κ3) is 1.86. The zero-order chi connectivity index (χ0) is 12.8. The summed E-state index contributed by atoms with van der Waals surface area (Å²) in [5, 5.41) is 9.50. The van der Waals surface area contributed by atoms with Gasteiger partial charge >= 0.3 is 0 Å². The normalized spacial score (nSPS) is 33.6. The Bertz CT molecular complexity index is 527. The minimum Gasteiger partial charge on any atom is -0.373 e. The summed E-state index contributed by atoms with van der Waals surface area (Å²) in [6.45, 7) is 0. The molecule has 4 heteroatoms. The van der Waals surface area contributed by atoms with Crippen molar-refractivity contribution in [3.8, 4) is 6.07 Å². The fraction of sp³-hybridized carbons (Fsp3) is 0.500. The van der Waals surface area contributed by atoms with Crippen LogP contribution >= 0.6 is 15.9 Å². The summed E-state index contributed by atoms with van der Waals surface area (Å²) < 4.78 is 20.4. The van der Waals surface area contributed by atoms with Crippen LogP contribution < -0.4 is 0 Å². The van der Waals surface area contributed by atoms with Gasteiger partial charge in [0.05, 0.1) is 23.7 Å². The van der Waals surface area contributed by atoms with E-state index in [0.717, 1.165) is 23.7 Å². The Hall–Kier alpha value is -0.920. The molecule has 18 heavy (non-hydrogen) atoms. The molecular weight excluding hydrogens is 297 g/mol. The van der Waals surface area contributed by atoms with Gasteiger partial charge in [0.15, 0.2) is 0 Å². The van der Waals surface area contributed by atoms with E-state index in [1.54, 1.807) is 12.1 Å². The van der Waals surface area contributed by atoms with Crippen molar-refractivity contribution in [1.29, 1.82) is 5.26 Å². The van der Waals surface area contributed by atoms with Gasteiger partial charge in [-0.2, -0.15) is 5.26 Å². The molecule has 0 radical (unpaired) electrons. The monoisotopic (exact) mass is 309 g/mol. The minimum atomic E-state index is -0.537. The SMILES string of the molecule is N#CC1(Cc2cc(Br)ccc2F)CC2CCC1O2. The Morgan fingerprint density at radius 3 is 2.94 bits per heavy atom. The maximum Gasteiger partial charge on any atom is 0.126 e. The summed E-state index contributed by atoms with van der Waals surface area (Å²) in [7, 11) is 0. The summed E-state index contributed by atoms with van der Waals surface area (Å²) >= 11 is 3.35. The molecule has 94 valence electrons. The zero-order valence-corrected chi connectivity index (χ0v) is 11.4. The van der Waals surface area contributed by atoms with E-state index in [1.807, 2.05) is 0 Å². The Labute approximate surface area is 114 Å². The van der Waals surface area contributed by atoms with Gasteiger partial charge in [-0.3, -0.25) is 0 Å². The molecule has 3 unspecified atom stereocenters. The highest BCUT2D eigenvalue weighted by Crippen LogP contribution is 2.49. The Morgan fingerprint density at radius 1 is 1.50 bits per heavy atom. The predicted molar refractivity (Wildman–Crippen MR) is 68.4 cm³/mol. The van der Waals surface area contributed by atoms with Gasteiger partial charge < -0.3 is 4.74 Å². The molecule has 2 heterocycles. The molecule has 1 aromatic carbocycles.